The predicted molar refractivity (Wildman–Crippen MR) is 81.1 cm³/mol. The van der Waals surface area contributed by atoms with Crippen LogP contribution in [0.3, 0.4) is 0 Å². The van der Waals surface area contributed by atoms with Crippen LogP contribution in [0.15, 0.2) is 12.1 Å². The van der Waals surface area contributed by atoms with Crippen LogP contribution in [0, 0.1) is 18.6 Å². The van der Waals surface area contributed by atoms with Crippen LogP contribution in [-0.4, -0.2) is 30.8 Å². The molecule has 0 aliphatic carbocycles. The van der Waals surface area contributed by atoms with Gasteiger partial charge < -0.3 is 15.0 Å². The van der Waals surface area contributed by atoms with Crippen molar-refractivity contribution >= 4 is 11.8 Å². The maximum atomic E-state index is 14.0. The molecule has 1 saturated heterocycles. The van der Waals surface area contributed by atoms with Gasteiger partial charge in [-0.2, -0.15) is 0 Å². The van der Waals surface area contributed by atoms with E-state index in [4.69, 9.17) is 4.74 Å². The Labute approximate surface area is 129 Å². The molecule has 1 aromatic rings. The highest BCUT2D eigenvalue weighted by atomic mass is 19.1. The summed E-state index contributed by atoms with van der Waals surface area (Å²) >= 11 is 0. The third-order valence-electron chi connectivity index (χ3n) is 3.54. The molecular weight excluding hydrogens is 290 g/mol. The van der Waals surface area contributed by atoms with Crippen molar-refractivity contribution in [1.29, 1.82) is 0 Å². The van der Waals surface area contributed by atoms with Gasteiger partial charge in [-0.3, -0.25) is 0 Å². The zero-order chi connectivity index (χ0) is 16.5. The molecular formula is C16H22F2N2O2. The van der Waals surface area contributed by atoms with Crippen LogP contribution in [0.5, 0.6) is 0 Å². The van der Waals surface area contributed by atoms with Crippen LogP contribution in [0.2, 0.25) is 0 Å². The lowest BCUT2D eigenvalue weighted by molar-refractivity contribution is 0.0509. The number of ether oxygens (including phenoxy) is 1. The summed E-state index contributed by atoms with van der Waals surface area (Å²) < 4.78 is 32.8. The zero-order valence-corrected chi connectivity index (χ0v) is 13.4. The molecule has 0 radical (unpaired) electrons. The molecule has 0 bridgehead atoms. The van der Waals surface area contributed by atoms with E-state index in [0.717, 1.165) is 12.1 Å². The number of carbonyl (C=O) groups is 1. The molecule has 4 nitrogen and oxygen atoms in total. The number of nitrogens with one attached hydrogen (secondary N) is 1. The Morgan fingerprint density at radius 2 is 1.95 bits per heavy atom. The highest BCUT2D eigenvalue weighted by Crippen LogP contribution is 2.29. The Kier molecular flexibility index (Phi) is 4.58. The summed E-state index contributed by atoms with van der Waals surface area (Å²) in [6, 6.07) is 2.12. The largest absolute Gasteiger partial charge is 0.444 e. The van der Waals surface area contributed by atoms with E-state index >= 15 is 0 Å². The van der Waals surface area contributed by atoms with E-state index in [9.17, 15) is 13.6 Å². The zero-order valence-electron chi connectivity index (χ0n) is 13.4. The van der Waals surface area contributed by atoms with Gasteiger partial charge in [0.2, 0.25) is 0 Å². The number of hydrogen-bond acceptors (Lipinski definition) is 3. The summed E-state index contributed by atoms with van der Waals surface area (Å²) in [5.41, 5.74) is -0.000388. The van der Waals surface area contributed by atoms with Gasteiger partial charge in [-0.25, -0.2) is 13.6 Å². The molecule has 6 heteroatoms. The van der Waals surface area contributed by atoms with E-state index in [1.54, 1.807) is 32.6 Å². The second-order valence-electron chi connectivity index (χ2n) is 6.58. The first-order valence-electron chi connectivity index (χ1n) is 7.36. The van der Waals surface area contributed by atoms with Gasteiger partial charge in [0.05, 0.1) is 11.7 Å². The smallest absolute Gasteiger partial charge is 0.407 e. The summed E-state index contributed by atoms with van der Waals surface area (Å²) in [4.78, 5) is 13.5. The molecule has 2 rings (SSSR count). The number of carbonyl (C=O) groups excluding carboxylic acids is 1. The van der Waals surface area contributed by atoms with Crippen molar-refractivity contribution in [3.8, 4) is 0 Å². The Hall–Kier alpha value is -1.85. The number of benzene rings is 1. The Balaban J connectivity index is 2.02. The fourth-order valence-electron chi connectivity index (χ4n) is 2.59. The molecule has 1 heterocycles. The fourth-order valence-corrected chi connectivity index (χ4v) is 2.59. The van der Waals surface area contributed by atoms with Gasteiger partial charge in [0.25, 0.3) is 0 Å². The van der Waals surface area contributed by atoms with Crippen LogP contribution in [0.4, 0.5) is 19.3 Å². The number of nitrogens with zero attached hydrogens (tertiary/aromatic N) is 1. The summed E-state index contributed by atoms with van der Waals surface area (Å²) in [7, 11) is 0. The third kappa shape index (κ3) is 3.87. The summed E-state index contributed by atoms with van der Waals surface area (Å²) in [6.45, 7) is 7.92. The summed E-state index contributed by atoms with van der Waals surface area (Å²) in [5.74, 6) is -0.878. The molecule has 1 aromatic carbocycles. The van der Waals surface area contributed by atoms with E-state index in [2.05, 4.69) is 5.32 Å². The lowest BCUT2D eigenvalue weighted by atomic mass is 10.1. The van der Waals surface area contributed by atoms with Gasteiger partial charge in [0.1, 0.15) is 17.2 Å². The van der Waals surface area contributed by atoms with Crippen molar-refractivity contribution in [1.82, 2.24) is 5.32 Å². The number of rotatable bonds is 2. The molecule has 1 amide bonds. The second-order valence-corrected chi connectivity index (χ2v) is 6.58. The quantitative estimate of drug-likeness (QED) is 0.910. The average Bonchev–Trinajstić information content (AvgIpc) is 2.80. The summed E-state index contributed by atoms with van der Waals surface area (Å²) in [6.07, 6.45) is 0.171. The van der Waals surface area contributed by atoms with Crippen LogP contribution >= 0.6 is 0 Å². The summed E-state index contributed by atoms with van der Waals surface area (Å²) in [5, 5.41) is 2.77. The minimum atomic E-state index is -0.562. The number of amides is 1. The lowest BCUT2D eigenvalue weighted by Crippen LogP contribution is -2.40. The Morgan fingerprint density at radius 1 is 1.32 bits per heavy atom. The monoisotopic (exact) mass is 312 g/mol. The fraction of sp³-hybridized carbons (Fsp3) is 0.562. The Bertz CT molecular complexity index is 570. The van der Waals surface area contributed by atoms with Crippen LogP contribution in [0.1, 0.15) is 32.8 Å². The van der Waals surface area contributed by atoms with Gasteiger partial charge in [0, 0.05) is 18.7 Å². The molecule has 1 atom stereocenters. The lowest BCUT2D eigenvalue weighted by Gasteiger charge is -2.23. The molecule has 1 unspecified atom stereocenters. The van der Waals surface area contributed by atoms with Crippen molar-refractivity contribution in [2.75, 3.05) is 18.0 Å². The van der Waals surface area contributed by atoms with Crippen molar-refractivity contribution in [2.45, 2.75) is 45.8 Å². The SMILES string of the molecule is Cc1c(F)ccc(F)c1N1CCC(NC(=O)OC(C)(C)C)C1. The Morgan fingerprint density at radius 3 is 2.59 bits per heavy atom. The third-order valence-corrected chi connectivity index (χ3v) is 3.54. The van der Waals surface area contributed by atoms with E-state index in [1.165, 1.54) is 0 Å². The van der Waals surface area contributed by atoms with Gasteiger partial charge in [-0.1, -0.05) is 0 Å². The van der Waals surface area contributed by atoms with Crippen molar-refractivity contribution in [3.05, 3.63) is 29.3 Å². The number of anilines is 1. The van der Waals surface area contributed by atoms with E-state index < -0.39 is 23.3 Å². The van der Waals surface area contributed by atoms with Crippen molar-refractivity contribution in [3.63, 3.8) is 0 Å². The normalized spacial score (nSPS) is 18.5. The number of alkyl carbamates (subject to hydrolysis) is 1. The van der Waals surface area contributed by atoms with Gasteiger partial charge >= 0.3 is 6.09 Å². The molecule has 1 aliphatic rings. The van der Waals surface area contributed by atoms with Crippen molar-refractivity contribution < 1.29 is 18.3 Å². The van der Waals surface area contributed by atoms with Crippen LogP contribution in [-0.2, 0) is 4.74 Å². The highest BCUT2D eigenvalue weighted by Gasteiger charge is 2.28. The van der Waals surface area contributed by atoms with Crippen LogP contribution < -0.4 is 10.2 Å². The molecule has 122 valence electrons. The molecule has 0 spiro atoms. The maximum Gasteiger partial charge on any atom is 0.407 e. The first-order valence-corrected chi connectivity index (χ1v) is 7.36. The molecule has 0 saturated carbocycles. The topological polar surface area (TPSA) is 41.6 Å². The predicted octanol–water partition coefficient (Wildman–Crippen LogP) is 3.38. The van der Waals surface area contributed by atoms with E-state index in [0.29, 0.717) is 19.5 Å². The molecule has 1 fully saturated rings. The standard InChI is InChI=1S/C16H22F2N2O2/c1-10-12(17)5-6-13(18)14(10)20-8-7-11(9-20)19-15(21)22-16(2,3)4/h5-6,11H,7-9H2,1-4H3,(H,19,21). The van der Waals surface area contributed by atoms with E-state index in [-0.39, 0.29) is 17.3 Å². The maximum absolute atomic E-state index is 14.0. The second kappa shape index (κ2) is 6.10. The van der Waals surface area contributed by atoms with Gasteiger partial charge in [-0.15, -0.1) is 0 Å². The van der Waals surface area contributed by atoms with Gasteiger partial charge in [-0.05, 0) is 46.2 Å². The molecule has 1 aliphatic heterocycles. The molecule has 0 aromatic heterocycles. The van der Waals surface area contributed by atoms with Crippen LogP contribution in [0.25, 0.3) is 0 Å². The minimum Gasteiger partial charge on any atom is -0.444 e. The first-order chi connectivity index (χ1) is 10.2. The van der Waals surface area contributed by atoms with E-state index in [1.807, 2.05) is 0 Å². The molecule has 22 heavy (non-hydrogen) atoms. The number of hydrogen-bond donors (Lipinski definition) is 1. The molecule has 1 N–H and O–H groups in total. The number of halogens is 2. The van der Waals surface area contributed by atoms with Gasteiger partial charge in [0.15, 0.2) is 0 Å². The minimum absolute atomic E-state index is 0.142. The highest BCUT2D eigenvalue weighted by molar-refractivity contribution is 5.68. The first kappa shape index (κ1) is 16.5. The average molecular weight is 312 g/mol. The van der Waals surface area contributed by atoms with Crippen molar-refractivity contribution in [2.24, 2.45) is 0 Å².